The van der Waals surface area contributed by atoms with E-state index in [1.807, 2.05) is 0 Å². The van der Waals surface area contributed by atoms with Gasteiger partial charge in [0.15, 0.2) is 0 Å². The van der Waals surface area contributed by atoms with Crippen LogP contribution < -0.4 is 5.73 Å². The van der Waals surface area contributed by atoms with Crippen molar-refractivity contribution in [3.63, 3.8) is 0 Å². The third kappa shape index (κ3) is 2.34. The van der Waals surface area contributed by atoms with Crippen LogP contribution in [-0.2, 0) is 0 Å². The quantitative estimate of drug-likeness (QED) is 0.834. The average Bonchev–Trinajstić information content (AvgIpc) is 2.42. The molecule has 1 saturated carbocycles. The average molecular weight is 252 g/mol. The van der Waals surface area contributed by atoms with E-state index in [0.29, 0.717) is 5.54 Å². The summed E-state index contributed by atoms with van der Waals surface area (Å²) >= 11 is 0. The van der Waals surface area contributed by atoms with Crippen LogP contribution in [0, 0.1) is 11.8 Å². The molecule has 0 aromatic rings. The maximum absolute atomic E-state index is 6.30. The summed E-state index contributed by atoms with van der Waals surface area (Å²) in [4.78, 5) is 2.83. The number of hydrogen-bond acceptors (Lipinski definition) is 2. The zero-order valence-electron chi connectivity index (χ0n) is 12.6. The molecule has 1 saturated heterocycles. The van der Waals surface area contributed by atoms with E-state index in [4.69, 9.17) is 5.73 Å². The van der Waals surface area contributed by atoms with Crippen LogP contribution in [0.4, 0.5) is 0 Å². The minimum Gasteiger partial charge on any atom is -0.329 e. The molecule has 2 fully saturated rings. The van der Waals surface area contributed by atoms with Gasteiger partial charge in [0.2, 0.25) is 0 Å². The van der Waals surface area contributed by atoms with E-state index in [1.165, 1.54) is 51.5 Å². The molecule has 4 unspecified atom stereocenters. The Bertz CT molecular complexity index is 266. The second kappa shape index (κ2) is 5.92. The van der Waals surface area contributed by atoms with E-state index in [9.17, 15) is 0 Å². The zero-order chi connectivity index (χ0) is 13.2. The molecule has 106 valence electrons. The Balaban J connectivity index is 2.23. The molecule has 1 aliphatic heterocycles. The highest BCUT2D eigenvalue weighted by Gasteiger charge is 2.47. The second-order valence-electron chi connectivity index (χ2n) is 6.72. The molecule has 2 heteroatoms. The first-order chi connectivity index (χ1) is 8.65. The molecule has 4 atom stereocenters. The summed E-state index contributed by atoms with van der Waals surface area (Å²) < 4.78 is 0. The first-order valence-corrected chi connectivity index (χ1v) is 8.12. The molecule has 0 radical (unpaired) electrons. The Hall–Kier alpha value is -0.0800. The van der Waals surface area contributed by atoms with Crippen molar-refractivity contribution in [2.45, 2.75) is 77.3 Å². The van der Waals surface area contributed by atoms with Gasteiger partial charge in [-0.1, -0.05) is 40.0 Å². The fourth-order valence-electron chi connectivity index (χ4n) is 4.56. The summed E-state index contributed by atoms with van der Waals surface area (Å²) in [6, 6.07) is 0.787. The van der Waals surface area contributed by atoms with Crippen LogP contribution in [0.3, 0.4) is 0 Å². The maximum Gasteiger partial charge on any atom is 0.0362 e. The van der Waals surface area contributed by atoms with E-state index >= 15 is 0 Å². The van der Waals surface area contributed by atoms with Gasteiger partial charge in [-0.15, -0.1) is 0 Å². The van der Waals surface area contributed by atoms with Crippen LogP contribution in [0.25, 0.3) is 0 Å². The van der Waals surface area contributed by atoms with Gasteiger partial charge in [0.25, 0.3) is 0 Å². The van der Waals surface area contributed by atoms with Crippen molar-refractivity contribution < 1.29 is 0 Å². The number of nitrogens with two attached hydrogens (primary N) is 1. The monoisotopic (exact) mass is 252 g/mol. The molecule has 2 rings (SSSR count). The van der Waals surface area contributed by atoms with Crippen LogP contribution in [-0.4, -0.2) is 29.6 Å². The van der Waals surface area contributed by atoms with Crippen molar-refractivity contribution in [3.05, 3.63) is 0 Å². The number of likely N-dealkylation sites (tertiary alicyclic amines) is 1. The summed E-state index contributed by atoms with van der Waals surface area (Å²) in [7, 11) is 0. The lowest BCUT2D eigenvalue weighted by molar-refractivity contribution is -0.0534. The molecule has 0 spiro atoms. The van der Waals surface area contributed by atoms with Gasteiger partial charge in [-0.3, -0.25) is 4.90 Å². The molecular formula is C16H32N2. The number of rotatable bonds is 3. The summed E-state index contributed by atoms with van der Waals surface area (Å²) in [5.41, 5.74) is 6.60. The number of hydrogen-bond donors (Lipinski definition) is 1. The highest BCUT2D eigenvalue weighted by atomic mass is 15.2. The van der Waals surface area contributed by atoms with Crippen LogP contribution in [0.2, 0.25) is 0 Å². The third-order valence-corrected chi connectivity index (χ3v) is 5.99. The van der Waals surface area contributed by atoms with Crippen molar-refractivity contribution in [1.82, 2.24) is 4.90 Å². The molecule has 0 amide bonds. The van der Waals surface area contributed by atoms with Crippen LogP contribution in [0.1, 0.15) is 65.7 Å². The Labute approximate surface area is 113 Å². The van der Waals surface area contributed by atoms with Crippen molar-refractivity contribution in [2.75, 3.05) is 13.1 Å². The van der Waals surface area contributed by atoms with Gasteiger partial charge in [-0.2, -0.15) is 0 Å². The van der Waals surface area contributed by atoms with E-state index in [0.717, 1.165) is 24.4 Å². The number of piperidine rings is 1. The molecule has 1 aliphatic carbocycles. The Morgan fingerprint density at radius 3 is 2.61 bits per heavy atom. The third-order valence-electron chi connectivity index (χ3n) is 5.99. The normalized spacial score (nSPS) is 43.0. The molecule has 0 bridgehead atoms. The van der Waals surface area contributed by atoms with E-state index in [2.05, 4.69) is 25.7 Å². The Morgan fingerprint density at radius 1 is 1.17 bits per heavy atom. The molecule has 2 N–H and O–H groups in total. The fraction of sp³-hybridized carbons (Fsp3) is 1.00. The SMILES string of the molecule is CCC1CCCCN1C1(CN)CCCC(C)C1C. The summed E-state index contributed by atoms with van der Waals surface area (Å²) in [5.74, 6) is 1.59. The summed E-state index contributed by atoms with van der Waals surface area (Å²) in [6.45, 7) is 9.38. The van der Waals surface area contributed by atoms with Crippen molar-refractivity contribution in [3.8, 4) is 0 Å². The van der Waals surface area contributed by atoms with Gasteiger partial charge in [-0.25, -0.2) is 0 Å². The van der Waals surface area contributed by atoms with Crippen molar-refractivity contribution in [1.29, 1.82) is 0 Å². The summed E-state index contributed by atoms with van der Waals surface area (Å²) in [6.07, 6.45) is 9.57. The van der Waals surface area contributed by atoms with Gasteiger partial charge < -0.3 is 5.73 Å². The van der Waals surface area contributed by atoms with Crippen LogP contribution in [0.15, 0.2) is 0 Å². The van der Waals surface area contributed by atoms with Crippen LogP contribution >= 0.6 is 0 Å². The molecule has 2 nitrogen and oxygen atoms in total. The topological polar surface area (TPSA) is 29.3 Å². The molecular weight excluding hydrogens is 220 g/mol. The van der Waals surface area contributed by atoms with Gasteiger partial charge >= 0.3 is 0 Å². The van der Waals surface area contributed by atoms with E-state index in [-0.39, 0.29) is 0 Å². The van der Waals surface area contributed by atoms with Crippen molar-refractivity contribution in [2.24, 2.45) is 17.6 Å². The smallest absolute Gasteiger partial charge is 0.0362 e. The van der Waals surface area contributed by atoms with Gasteiger partial charge in [-0.05, 0) is 44.1 Å². The van der Waals surface area contributed by atoms with Crippen molar-refractivity contribution >= 4 is 0 Å². The molecule has 0 aromatic carbocycles. The highest BCUT2D eigenvalue weighted by molar-refractivity contribution is 5.03. The minimum absolute atomic E-state index is 0.304. The lowest BCUT2D eigenvalue weighted by Crippen LogP contribution is -2.64. The maximum atomic E-state index is 6.30. The van der Waals surface area contributed by atoms with Gasteiger partial charge in [0, 0.05) is 18.1 Å². The first kappa shape index (κ1) is 14.3. The Kier molecular flexibility index (Phi) is 4.71. The minimum atomic E-state index is 0.304. The van der Waals surface area contributed by atoms with Gasteiger partial charge in [0.05, 0.1) is 0 Å². The molecule has 2 aliphatic rings. The predicted octanol–water partition coefficient (Wildman–Crippen LogP) is 3.40. The lowest BCUT2D eigenvalue weighted by Gasteiger charge is -2.56. The van der Waals surface area contributed by atoms with E-state index in [1.54, 1.807) is 0 Å². The number of nitrogens with zero attached hydrogens (tertiary/aromatic N) is 1. The molecule has 18 heavy (non-hydrogen) atoms. The predicted molar refractivity (Wildman–Crippen MR) is 78.6 cm³/mol. The Morgan fingerprint density at radius 2 is 1.94 bits per heavy atom. The van der Waals surface area contributed by atoms with Gasteiger partial charge in [0.1, 0.15) is 0 Å². The van der Waals surface area contributed by atoms with E-state index < -0.39 is 0 Å². The van der Waals surface area contributed by atoms with Crippen LogP contribution in [0.5, 0.6) is 0 Å². The summed E-state index contributed by atoms with van der Waals surface area (Å²) in [5, 5.41) is 0. The fourth-order valence-corrected chi connectivity index (χ4v) is 4.56. The standard InChI is InChI=1S/C16H32N2/c1-4-15-9-5-6-11-18(15)16(12-17)10-7-8-13(2)14(16)3/h13-15H,4-12,17H2,1-3H3. The second-order valence-corrected chi connectivity index (χ2v) is 6.72. The molecule has 1 heterocycles. The first-order valence-electron chi connectivity index (χ1n) is 8.12. The lowest BCUT2D eigenvalue weighted by atomic mass is 9.66. The largest absolute Gasteiger partial charge is 0.329 e. The zero-order valence-corrected chi connectivity index (χ0v) is 12.6. The molecule has 0 aromatic heterocycles. The highest BCUT2D eigenvalue weighted by Crippen LogP contribution is 2.43.